The second kappa shape index (κ2) is 6.05. The number of aromatic nitrogens is 1. The van der Waals surface area contributed by atoms with E-state index in [0.29, 0.717) is 0 Å². The molecule has 2 aromatic rings. The topological polar surface area (TPSA) is 34.6 Å². The molecule has 0 amide bonds. The van der Waals surface area contributed by atoms with Crippen LogP contribution >= 0.6 is 11.3 Å². The lowest BCUT2D eigenvalue weighted by molar-refractivity contribution is -0.0779. The third kappa shape index (κ3) is 2.50. The van der Waals surface area contributed by atoms with Crippen molar-refractivity contribution in [2.24, 2.45) is 0 Å². The second-order valence-electron chi connectivity index (χ2n) is 6.71. The number of ether oxygens (including phenoxy) is 2. The van der Waals surface area contributed by atoms with Crippen LogP contribution in [0.5, 0.6) is 5.75 Å². The first-order valence-electron chi connectivity index (χ1n) is 8.62. The van der Waals surface area contributed by atoms with Gasteiger partial charge in [-0.25, -0.2) is 4.98 Å². The molecular weight excluding hydrogens is 320 g/mol. The summed E-state index contributed by atoms with van der Waals surface area (Å²) in [6.07, 6.45) is 2.94. The van der Waals surface area contributed by atoms with E-state index in [9.17, 15) is 0 Å². The Labute approximate surface area is 147 Å². The highest BCUT2D eigenvalue weighted by molar-refractivity contribution is 7.15. The SMILES string of the molecule is COc1cccc2c1C1(CCN(c3nc(C)c(C)s3)CC1)OCC2. The van der Waals surface area contributed by atoms with Crippen LogP contribution in [0, 0.1) is 13.8 Å². The normalized spacial score (nSPS) is 19.4. The molecule has 1 saturated heterocycles. The molecule has 0 radical (unpaired) electrons. The van der Waals surface area contributed by atoms with Crippen LogP contribution in [0.15, 0.2) is 18.2 Å². The molecule has 1 fully saturated rings. The Bertz CT molecular complexity index is 714. The van der Waals surface area contributed by atoms with E-state index in [0.717, 1.165) is 55.5 Å². The zero-order valence-corrected chi connectivity index (χ0v) is 15.4. The third-order valence-electron chi connectivity index (χ3n) is 5.40. The van der Waals surface area contributed by atoms with E-state index < -0.39 is 0 Å². The van der Waals surface area contributed by atoms with Crippen molar-refractivity contribution >= 4 is 16.5 Å². The van der Waals surface area contributed by atoms with Crippen LogP contribution in [0.4, 0.5) is 5.13 Å². The first kappa shape index (κ1) is 15.9. The molecule has 24 heavy (non-hydrogen) atoms. The van der Waals surface area contributed by atoms with E-state index in [1.807, 2.05) is 0 Å². The van der Waals surface area contributed by atoms with Gasteiger partial charge in [0, 0.05) is 23.5 Å². The minimum Gasteiger partial charge on any atom is -0.496 e. The lowest BCUT2D eigenvalue weighted by Gasteiger charge is -2.45. The Kier molecular flexibility index (Phi) is 4.01. The van der Waals surface area contributed by atoms with E-state index in [-0.39, 0.29) is 5.60 Å². The molecule has 1 aromatic heterocycles. The van der Waals surface area contributed by atoms with Crippen LogP contribution in [-0.4, -0.2) is 31.8 Å². The van der Waals surface area contributed by atoms with Gasteiger partial charge in [0.05, 0.1) is 19.4 Å². The first-order chi connectivity index (χ1) is 11.6. The van der Waals surface area contributed by atoms with Crippen molar-refractivity contribution in [1.29, 1.82) is 0 Å². The predicted octanol–water partition coefficient (Wildman–Crippen LogP) is 3.84. The number of hydrogen-bond acceptors (Lipinski definition) is 5. The number of benzene rings is 1. The first-order valence-corrected chi connectivity index (χ1v) is 9.44. The summed E-state index contributed by atoms with van der Waals surface area (Å²) in [4.78, 5) is 8.44. The van der Waals surface area contributed by atoms with Crippen molar-refractivity contribution in [3.63, 3.8) is 0 Å². The third-order valence-corrected chi connectivity index (χ3v) is 6.53. The molecule has 0 bridgehead atoms. The zero-order chi connectivity index (χ0) is 16.7. The standard InChI is InChI=1S/C19H24N2O2S/c1-13-14(2)24-18(20-13)21-10-8-19(9-11-21)17-15(7-12-23-19)5-4-6-16(17)22-3/h4-6H,7-12H2,1-3H3. The monoisotopic (exact) mass is 344 g/mol. The van der Waals surface area contributed by atoms with Gasteiger partial charge in [-0.05, 0) is 44.7 Å². The number of methoxy groups -OCH3 is 1. The molecule has 2 aliphatic rings. The molecule has 1 spiro atoms. The van der Waals surface area contributed by atoms with Crippen LogP contribution in [0.1, 0.15) is 34.5 Å². The van der Waals surface area contributed by atoms with Crippen LogP contribution in [0.25, 0.3) is 0 Å². The van der Waals surface area contributed by atoms with Gasteiger partial charge in [0.1, 0.15) is 11.4 Å². The van der Waals surface area contributed by atoms with E-state index in [1.165, 1.54) is 16.0 Å². The highest BCUT2D eigenvalue weighted by Crippen LogP contribution is 2.46. The highest BCUT2D eigenvalue weighted by atomic mass is 32.1. The number of piperidine rings is 1. The Morgan fingerprint density at radius 3 is 2.71 bits per heavy atom. The molecule has 0 N–H and O–H groups in total. The summed E-state index contributed by atoms with van der Waals surface area (Å²) in [5.74, 6) is 0.974. The fraction of sp³-hybridized carbons (Fsp3) is 0.526. The van der Waals surface area contributed by atoms with Crippen LogP contribution in [0.2, 0.25) is 0 Å². The summed E-state index contributed by atoms with van der Waals surface area (Å²) in [5, 5.41) is 1.15. The van der Waals surface area contributed by atoms with Crippen LogP contribution < -0.4 is 9.64 Å². The van der Waals surface area contributed by atoms with Crippen molar-refractivity contribution in [3.05, 3.63) is 39.9 Å². The number of nitrogens with zero attached hydrogens (tertiary/aromatic N) is 2. The maximum atomic E-state index is 6.36. The average molecular weight is 344 g/mol. The molecule has 0 unspecified atom stereocenters. The van der Waals surface area contributed by atoms with Gasteiger partial charge >= 0.3 is 0 Å². The predicted molar refractivity (Wildman–Crippen MR) is 97.4 cm³/mol. The largest absolute Gasteiger partial charge is 0.496 e. The summed E-state index contributed by atoms with van der Waals surface area (Å²) >= 11 is 1.80. The van der Waals surface area contributed by atoms with Crippen molar-refractivity contribution in [2.75, 3.05) is 31.7 Å². The molecule has 2 aliphatic heterocycles. The second-order valence-corrected chi connectivity index (χ2v) is 7.89. The molecule has 4 nitrogen and oxygen atoms in total. The zero-order valence-electron chi connectivity index (χ0n) is 14.6. The van der Waals surface area contributed by atoms with Gasteiger partial charge in [-0.2, -0.15) is 0 Å². The lowest BCUT2D eigenvalue weighted by atomic mass is 9.79. The van der Waals surface area contributed by atoms with Gasteiger partial charge in [0.2, 0.25) is 0 Å². The highest BCUT2D eigenvalue weighted by Gasteiger charge is 2.43. The number of anilines is 1. The Morgan fingerprint density at radius 2 is 2.04 bits per heavy atom. The number of aryl methyl sites for hydroxylation is 2. The van der Waals surface area contributed by atoms with Gasteiger partial charge in [-0.1, -0.05) is 12.1 Å². The molecule has 0 aliphatic carbocycles. The number of thiazole rings is 1. The summed E-state index contributed by atoms with van der Waals surface area (Å²) in [6.45, 7) is 6.99. The summed E-state index contributed by atoms with van der Waals surface area (Å²) in [5.41, 5.74) is 3.62. The molecule has 128 valence electrons. The minimum atomic E-state index is -0.196. The molecule has 5 heteroatoms. The quantitative estimate of drug-likeness (QED) is 0.829. The van der Waals surface area contributed by atoms with E-state index in [1.54, 1.807) is 18.4 Å². The van der Waals surface area contributed by atoms with Crippen LogP contribution in [-0.2, 0) is 16.8 Å². The fourth-order valence-electron chi connectivity index (χ4n) is 3.95. The van der Waals surface area contributed by atoms with Crippen molar-refractivity contribution < 1.29 is 9.47 Å². The maximum absolute atomic E-state index is 6.36. The molecular formula is C19H24N2O2S. The molecule has 4 rings (SSSR count). The molecule has 3 heterocycles. The van der Waals surface area contributed by atoms with Crippen molar-refractivity contribution in [2.45, 2.75) is 38.7 Å². The maximum Gasteiger partial charge on any atom is 0.185 e. The molecule has 0 atom stereocenters. The number of hydrogen-bond donors (Lipinski definition) is 0. The lowest BCUT2D eigenvalue weighted by Crippen LogP contribution is -2.46. The number of fused-ring (bicyclic) bond motifs is 2. The van der Waals surface area contributed by atoms with Crippen molar-refractivity contribution in [3.8, 4) is 5.75 Å². The van der Waals surface area contributed by atoms with Gasteiger partial charge in [0.15, 0.2) is 5.13 Å². The van der Waals surface area contributed by atoms with Crippen molar-refractivity contribution in [1.82, 2.24) is 4.98 Å². The smallest absolute Gasteiger partial charge is 0.185 e. The summed E-state index contributed by atoms with van der Waals surface area (Å²) in [7, 11) is 1.76. The summed E-state index contributed by atoms with van der Waals surface area (Å²) < 4.78 is 12.0. The van der Waals surface area contributed by atoms with E-state index in [2.05, 4.69) is 36.9 Å². The molecule has 0 saturated carbocycles. The van der Waals surface area contributed by atoms with E-state index in [4.69, 9.17) is 14.5 Å². The van der Waals surface area contributed by atoms with E-state index >= 15 is 0 Å². The van der Waals surface area contributed by atoms with Gasteiger partial charge in [-0.3, -0.25) is 0 Å². The molecule has 1 aromatic carbocycles. The van der Waals surface area contributed by atoms with Gasteiger partial charge in [-0.15, -0.1) is 11.3 Å². The number of rotatable bonds is 2. The Hall–Kier alpha value is -1.59. The Balaban J connectivity index is 1.62. The Morgan fingerprint density at radius 1 is 1.25 bits per heavy atom. The van der Waals surface area contributed by atoms with Crippen LogP contribution in [0.3, 0.4) is 0 Å². The fourth-order valence-corrected chi connectivity index (χ4v) is 4.91. The van der Waals surface area contributed by atoms with Gasteiger partial charge in [0.25, 0.3) is 0 Å². The minimum absolute atomic E-state index is 0.196. The average Bonchev–Trinajstić information content (AvgIpc) is 2.94. The van der Waals surface area contributed by atoms with Gasteiger partial charge < -0.3 is 14.4 Å². The summed E-state index contributed by atoms with van der Waals surface area (Å²) in [6, 6.07) is 6.38.